The zero-order valence-electron chi connectivity index (χ0n) is 14.4. The van der Waals surface area contributed by atoms with Gasteiger partial charge in [0.1, 0.15) is 0 Å². The Labute approximate surface area is 135 Å². The van der Waals surface area contributed by atoms with Gasteiger partial charge in [0.2, 0.25) is 10.0 Å². The number of rotatable bonds is 8. The predicted molar refractivity (Wildman–Crippen MR) is 92.6 cm³/mol. The molecule has 1 aliphatic heterocycles. The van der Waals surface area contributed by atoms with Crippen molar-refractivity contribution in [1.29, 1.82) is 0 Å². The Morgan fingerprint density at radius 2 is 2.00 bits per heavy atom. The van der Waals surface area contributed by atoms with Crippen LogP contribution in [0, 0.1) is 5.92 Å². The molecule has 1 aliphatic rings. The summed E-state index contributed by atoms with van der Waals surface area (Å²) in [5, 5.41) is 6.61. The molecule has 0 bridgehead atoms. The Morgan fingerprint density at radius 1 is 1.27 bits per heavy atom. The van der Waals surface area contributed by atoms with Gasteiger partial charge in [-0.25, -0.2) is 12.7 Å². The van der Waals surface area contributed by atoms with Gasteiger partial charge in [-0.05, 0) is 39.0 Å². The second kappa shape index (κ2) is 9.35. The van der Waals surface area contributed by atoms with Crippen LogP contribution >= 0.6 is 0 Å². The first kappa shape index (κ1) is 19.2. The van der Waals surface area contributed by atoms with Crippen LogP contribution in [0.4, 0.5) is 0 Å². The van der Waals surface area contributed by atoms with Crippen LogP contribution in [0.25, 0.3) is 0 Å². The third kappa shape index (κ3) is 6.96. The van der Waals surface area contributed by atoms with Crippen molar-refractivity contribution >= 4 is 16.0 Å². The van der Waals surface area contributed by atoms with Gasteiger partial charge in [-0.15, -0.1) is 0 Å². The van der Waals surface area contributed by atoms with Crippen molar-refractivity contribution in [2.45, 2.75) is 53.0 Å². The lowest BCUT2D eigenvalue weighted by molar-refractivity contribution is 0.451. The Kier molecular flexibility index (Phi) is 8.17. The van der Waals surface area contributed by atoms with E-state index in [1.54, 1.807) is 4.31 Å². The number of aliphatic imine (C=N–C) groups is 1. The van der Waals surface area contributed by atoms with Gasteiger partial charge in [-0.2, -0.15) is 0 Å². The van der Waals surface area contributed by atoms with Gasteiger partial charge in [-0.1, -0.05) is 13.8 Å². The van der Waals surface area contributed by atoms with Crippen molar-refractivity contribution < 1.29 is 8.42 Å². The molecule has 6 nitrogen and oxygen atoms in total. The molecule has 0 spiro atoms. The van der Waals surface area contributed by atoms with Crippen LogP contribution in [-0.4, -0.2) is 56.7 Å². The van der Waals surface area contributed by atoms with Gasteiger partial charge in [0, 0.05) is 25.7 Å². The smallest absolute Gasteiger partial charge is 0.214 e. The van der Waals surface area contributed by atoms with Crippen LogP contribution in [0.3, 0.4) is 0 Å². The Morgan fingerprint density at radius 3 is 2.55 bits per heavy atom. The number of nitrogens with zero attached hydrogens (tertiary/aromatic N) is 2. The molecule has 0 saturated carbocycles. The van der Waals surface area contributed by atoms with E-state index in [1.165, 1.54) is 6.42 Å². The van der Waals surface area contributed by atoms with Gasteiger partial charge in [-0.3, -0.25) is 4.99 Å². The fourth-order valence-corrected chi connectivity index (χ4v) is 3.94. The summed E-state index contributed by atoms with van der Waals surface area (Å²) in [6, 6.07) is 0.357. The molecule has 1 saturated heterocycles. The molecule has 22 heavy (non-hydrogen) atoms. The minimum Gasteiger partial charge on any atom is -0.357 e. The molecule has 0 aliphatic carbocycles. The minimum absolute atomic E-state index is 0.279. The SMILES string of the molecule is CCNC(=NCCN1CCCS1(=O)=O)NC(C)CCC(C)C. The van der Waals surface area contributed by atoms with Gasteiger partial charge in [0.25, 0.3) is 0 Å². The predicted octanol–water partition coefficient (Wildman–Crippen LogP) is 1.40. The van der Waals surface area contributed by atoms with E-state index >= 15 is 0 Å². The quantitative estimate of drug-likeness (QED) is 0.520. The molecule has 130 valence electrons. The third-order valence-electron chi connectivity index (χ3n) is 3.73. The molecule has 0 amide bonds. The summed E-state index contributed by atoms with van der Waals surface area (Å²) in [4.78, 5) is 4.50. The standard InChI is InChI=1S/C15H32N4O2S/c1-5-16-15(18-14(4)8-7-13(2)3)17-9-11-19-10-6-12-22(19,20)21/h13-14H,5-12H2,1-4H3,(H2,16,17,18). The highest BCUT2D eigenvalue weighted by atomic mass is 32.2. The summed E-state index contributed by atoms with van der Waals surface area (Å²) in [7, 11) is -3.02. The van der Waals surface area contributed by atoms with Gasteiger partial charge in [0.15, 0.2) is 5.96 Å². The summed E-state index contributed by atoms with van der Waals surface area (Å²) in [5.41, 5.74) is 0. The highest BCUT2D eigenvalue weighted by Gasteiger charge is 2.27. The second-order valence-corrected chi connectivity index (χ2v) is 8.43. The Bertz CT molecular complexity index is 448. The summed E-state index contributed by atoms with van der Waals surface area (Å²) < 4.78 is 25.0. The van der Waals surface area contributed by atoms with Crippen molar-refractivity contribution in [3.05, 3.63) is 0 Å². The highest BCUT2D eigenvalue weighted by molar-refractivity contribution is 7.89. The minimum atomic E-state index is -3.02. The lowest BCUT2D eigenvalue weighted by Gasteiger charge is -2.19. The van der Waals surface area contributed by atoms with E-state index in [0.29, 0.717) is 31.6 Å². The summed E-state index contributed by atoms with van der Waals surface area (Å²) in [5.74, 6) is 1.75. The molecule has 1 fully saturated rings. The number of guanidine groups is 1. The number of hydrogen-bond acceptors (Lipinski definition) is 3. The Balaban J connectivity index is 2.44. The molecular formula is C15H32N4O2S. The lowest BCUT2D eigenvalue weighted by atomic mass is 10.0. The van der Waals surface area contributed by atoms with E-state index in [1.807, 2.05) is 6.92 Å². The molecule has 7 heteroatoms. The highest BCUT2D eigenvalue weighted by Crippen LogP contribution is 2.12. The van der Waals surface area contributed by atoms with Crippen molar-refractivity contribution in [1.82, 2.24) is 14.9 Å². The Hall–Kier alpha value is -0.820. The van der Waals surface area contributed by atoms with E-state index in [9.17, 15) is 8.42 Å². The maximum absolute atomic E-state index is 11.7. The van der Waals surface area contributed by atoms with Crippen molar-refractivity contribution in [2.24, 2.45) is 10.9 Å². The van der Waals surface area contributed by atoms with Crippen LogP contribution < -0.4 is 10.6 Å². The number of nitrogens with one attached hydrogen (secondary N) is 2. The van der Waals surface area contributed by atoms with Crippen LogP contribution in [-0.2, 0) is 10.0 Å². The maximum atomic E-state index is 11.7. The van der Waals surface area contributed by atoms with Crippen molar-refractivity contribution in [3.63, 3.8) is 0 Å². The van der Waals surface area contributed by atoms with Gasteiger partial charge < -0.3 is 10.6 Å². The summed E-state index contributed by atoms with van der Waals surface area (Å²) in [6.07, 6.45) is 3.01. The zero-order valence-corrected chi connectivity index (χ0v) is 15.2. The molecule has 0 aromatic carbocycles. The van der Waals surface area contributed by atoms with Gasteiger partial charge in [0.05, 0.1) is 12.3 Å². The molecular weight excluding hydrogens is 300 g/mol. The summed E-state index contributed by atoms with van der Waals surface area (Å²) in [6.45, 7) is 11.0. The molecule has 0 aromatic rings. The van der Waals surface area contributed by atoms with Crippen molar-refractivity contribution in [3.8, 4) is 0 Å². The first-order valence-corrected chi connectivity index (χ1v) is 9.98. The molecule has 2 N–H and O–H groups in total. The zero-order chi connectivity index (χ0) is 16.6. The van der Waals surface area contributed by atoms with Crippen LogP contribution in [0.1, 0.15) is 47.0 Å². The van der Waals surface area contributed by atoms with E-state index in [0.717, 1.165) is 25.3 Å². The molecule has 0 radical (unpaired) electrons. The largest absolute Gasteiger partial charge is 0.357 e. The molecule has 1 rings (SSSR count). The van der Waals surface area contributed by atoms with E-state index in [4.69, 9.17) is 0 Å². The lowest BCUT2D eigenvalue weighted by Crippen LogP contribution is -2.42. The second-order valence-electron chi connectivity index (χ2n) is 6.35. The van der Waals surface area contributed by atoms with E-state index in [2.05, 4.69) is 36.4 Å². The molecule has 1 atom stereocenters. The molecule has 1 heterocycles. The van der Waals surface area contributed by atoms with Gasteiger partial charge >= 0.3 is 0 Å². The van der Waals surface area contributed by atoms with Crippen molar-refractivity contribution in [2.75, 3.05) is 31.9 Å². The third-order valence-corrected chi connectivity index (χ3v) is 5.68. The monoisotopic (exact) mass is 332 g/mol. The molecule has 1 unspecified atom stereocenters. The average Bonchev–Trinajstić information content (AvgIpc) is 2.76. The van der Waals surface area contributed by atoms with Crippen LogP contribution in [0.5, 0.6) is 0 Å². The van der Waals surface area contributed by atoms with E-state index in [-0.39, 0.29) is 5.75 Å². The summed E-state index contributed by atoms with van der Waals surface area (Å²) >= 11 is 0. The molecule has 0 aromatic heterocycles. The average molecular weight is 333 g/mol. The van der Waals surface area contributed by atoms with Crippen LogP contribution in [0.15, 0.2) is 4.99 Å². The number of hydrogen-bond donors (Lipinski definition) is 2. The first-order chi connectivity index (χ1) is 10.3. The normalized spacial score (nSPS) is 20.3. The topological polar surface area (TPSA) is 73.8 Å². The van der Waals surface area contributed by atoms with Crippen LogP contribution in [0.2, 0.25) is 0 Å². The first-order valence-electron chi connectivity index (χ1n) is 8.37. The fraction of sp³-hybridized carbons (Fsp3) is 0.933. The van der Waals surface area contributed by atoms with E-state index < -0.39 is 10.0 Å². The fourth-order valence-electron chi connectivity index (χ4n) is 2.42. The maximum Gasteiger partial charge on any atom is 0.214 e. The number of sulfonamides is 1.